The van der Waals surface area contributed by atoms with Crippen molar-refractivity contribution in [2.45, 2.75) is 38.0 Å². The standard InChI is InChI=1S/C22H33N5OS/c1-4-23-21(24-18-22(29-5-2)11-13-28-14-12-22)26(3)16-19-15-25-27(17-19)20-9-7-6-8-10-20/h6-10,15,17H,4-5,11-14,16,18H2,1-3H3,(H,23,24). The lowest BCUT2D eigenvalue weighted by molar-refractivity contribution is 0.0793. The molecular formula is C22H33N5OS. The summed E-state index contributed by atoms with van der Waals surface area (Å²) in [6.07, 6.45) is 6.16. The molecule has 0 atom stereocenters. The van der Waals surface area contributed by atoms with Crippen LogP contribution in [0.4, 0.5) is 0 Å². The van der Waals surface area contributed by atoms with Crippen molar-refractivity contribution in [3.63, 3.8) is 0 Å². The summed E-state index contributed by atoms with van der Waals surface area (Å²) in [7, 11) is 2.09. The number of aliphatic imine (C=N–C) groups is 1. The number of hydrogen-bond acceptors (Lipinski definition) is 4. The van der Waals surface area contributed by atoms with Gasteiger partial charge in [-0.1, -0.05) is 25.1 Å². The lowest BCUT2D eigenvalue weighted by Gasteiger charge is -2.35. The van der Waals surface area contributed by atoms with Crippen LogP contribution in [0.2, 0.25) is 0 Å². The van der Waals surface area contributed by atoms with Gasteiger partial charge in [-0.3, -0.25) is 4.99 Å². The summed E-state index contributed by atoms with van der Waals surface area (Å²) in [5, 5.41) is 7.96. The van der Waals surface area contributed by atoms with Gasteiger partial charge in [0.25, 0.3) is 0 Å². The van der Waals surface area contributed by atoms with Gasteiger partial charge in [0.05, 0.1) is 18.4 Å². The Morgan fingerprint density at radius 3 is 2.72 bits per heavy atom. The molecule has 0 spiro atoms. The van der Waals surface area contributed by atoms with Crippen LogP contribution >= 0.6 is 11.8 Å². The first-order chi connectivity index (χ1) is 14.2. The Balaban J connectivity index is 1.68. The Bertz CT molecular complexity index is 765. The van der Waals surface area contributed by atoms with E-state index in [2.05, 4.69) is 54.5 Å². The summed E-state index contributed by atoms with van der Waals surface area (Å²) in [4.78, 5) is 7.20. The number of benzene rings is 1. The summed E-state index contributed by atoms with van der Waals surface area (Å²) in [6.45, 7) is 8.46. The van der Waals surface area contributed by atoms with Crippen molar-refractivity contribution in [3.8, 4) is 5.69 Å². The highest BCUT2D eigenvalue weighted by molar-refractivity contribution is 8.00. The fourth-order valence-electron chi connectivity index (χ4n) is 3.60. The Morgan fingerprint density at radius 1 is 1.28 bits per heavy atom. The monoisotopic (exact) mass is 415 g/mol. The van der Waals surface area contributed by atoms with Crippen LogP contribution < -0.4 is 5.32 Å². The minimum absolute atomic E-state index is 0.201. The third-order valence-electron chi connectivity index (χ3n) is 5.14. The zero-order chi connectivity index (χ0) is 20.5. The molecule has 0 amide bonds. The second-order valence-electron chi connectivity index (χ2n) is 7.38. The van der Waals surface area contributed by atoms with Gasteiger partial charge in [0.1, 0.15) is 0 Å². The molecule has 158 valence electrons. The maximum absolute atomic E-state index is 5.59. The average Bonchev–Trinajstić information content (AvgIpc) is 3.21. The Labute approximate surface area is 178 Å². The van der Waals surface area contributed by atoms with Crippen LogP contribution in [0.15, 0.2) is 47.7 Å². The van der Waals surface area contributed by atoms with Gasteiger partial charge in [0.2, 0.25) is 0 Å². The average molecular weight is 416 g/mol. The van der Waals surface area contributed by atoms with Gasteiger partial charge in [-0.2, -0.15) is 16.9 Å². The molecule has 1 N–H and O–H groups in total. The molecule has 1 aromatic carbocycles. The molecule has 0 bridgehead atoms. The number of guanidine groups is 1. The minimum atomic E-state index is 0.201. The molecule has 1 aliphatic heterocycles. The lowest BCUT2D eigenvalue weighted by Crippen LogP contribution is -2.41. The van der Waals surface area contributed by atoms with Gasteiger partial charge in [-0.25, -0.2) is 4.68 Å². The molecule has 2 heterocycles. The zero-order valence-electron chi connectivity index (χ0n) is 17.8. The van der Waals surface area contributed by atoms with E-state index in [1.54, 1.807) is 0 Å². The van der Waals surface area contributed by atoms with Gasteiger partial charge in [0.15, 0.2) is 5.96 Å². The lowest BCUT2D eigenvalue weighted by atomic mass is 9.99. The van der Waals surface area contributed by atoms with Crippen molar-refractivity contribution in [2.75, 3.05) is 39.1 Å². The number of aromatic nitrogens is 2. The molecule has 0 saturated carbocycles. The van der Waals surface area contributed by atoms with Gasteiger partial charge < -0.3 is 15.0 Å². The van der Waals surface area contributed by atoms with E-state index in [1.165, 1.54) is 0 Å². The van der Waals surface area contributed by atoms with Crippen molar-refractivity contribution in [2.24, 2.45) is 4.99 Å². The first-order valence-electron chi connectivity index (χ1n) is 10.5. The summed E-state index contributed by atoms with van der Waals surface area (Å²) < 4.78 is 7.71. The number of nitrogens with zero attached hydrogens (tertiary/aromatic N) is 4. The molecule has 1 aromatic heterocycles. The molecule has 7 heteroatoms. The second-order valence-corrected chi connectivity index (χ2v) is 9.12. The molecule has 1 saturated heterocycles. The molecule has 1 aliphatic rings. The first kappa shape index (κ1) is 21.7. The van der Waals surface area contributed by atoms with Gasteiger partial charge in [-0.05, 0) is 37.7 Å². The summed E-state index contributed by atoms with van der Waals surface area (Å²) in [6, 6.07) is 10.2. The van der Waals surface area contributed by atoms with E-state index < -0.39 is 0 Å². The van der Waals surface area contributed by atoms with E-state index in [1.807, 2.05) is 40.8 Å². The second kappa shape index (κ2) is 10.7. The molecule has 1 fully saturated rings. The fourth-order valence-corrected chi connectivity index (χ4v) is 4.82. The minimum Gasteiger partial charge on any atom is -0.381 e. The smallest absolute Gasteiger partial charge is 0.194 e. The van der Waals surface area contributed by atoms with E-state index >= 15 is 0 Å². The van der Waals surface area contributed by atoms with Crippen molar-refractivity contribution in [1.82, 2.24) is 20.0 Å². The highest BCUT2D eigenvalue weighted by Crippen LogP contribution is 2.35. The number of thioether (sulfide) groups is 1. The number of para-hydroxylation sites is 1. The Morgan fingerprint density at radius 2 is 2.03 bits per heavy atom. The van der Waals surface area contributed by atoms with Crippen LogP contribution in [0.1, 0.15) is 32.3 Å². The van der Waals surface area contributed by atoms with Crippen LogP contribution in [0.3, 0.4) is 0 Å². The van der Waals surface area contributed by atoms with Crippen molar-refractivity contribution < 1.29 is 4.74 Å². The largest absolute Gasteiger partial charge is 0.381 e. The van der Waals surface area contributed by atoms with Gasteiger partial charge in [0, 0.05) is 49.9 Å². The highest BCUT2D eigenvalue weighted by Gasteiger charge is 2.32. The molecular weight excluding hydrogens is 382 g/mol. The molecule has 0 unspecified atom stereocenters. The van der Waals surface area contributed by atoms with Crippen LogP contribution in [-0.4, -0.2) is 64.5 Å². The third kappa shape index (κ3) is 6.00. The van der Waals surface area contributed by atoms with E-state index in [9.17, 15) is 0 Å². The molecule has 0 radical (unpaired) electrons. The summed E-state index contributed by atoms with van der Waals surface area (Å²) >= 11 is 2.03. The predicted octanol–water partition coefficient (Wildman–Crippen LogP) is 3.57. The van der Waals surface area contributed by atoms with Gasteiger partial charge >= 0.3 is 0 Å². The number of hydrogen-bond donors (Lipinski definition) is 1. The van der Waals surface area contributed by atoms with Crippen LogP contribution in [-0.2, 0) is 11.3 Å². The third-order valence-corrected chi connectivity index (χ3v) is 6.58. The molecule has 3 rings (SSSR count). The normalized spacial score (nSPS) is 16.6. The van der Waals surface area contributed by atoms with Crippen molar-refractivity contribution in [1.29, 1.82) is 0 Å². The topological polar surface area (TPSA) is 54.7 Å². The summed E-state index contributed by atoms with van der Waals surface area (Å²) in [5.74, 6) is 2.06. The maximum atomic E-state index is 5.59. The summed E-state index contributed by atoms with van der Waals surface area (Å²) in [5.41, 5.74) is 2.23. The molecule has 6 nitrogen and oxygen atoms in total. The number of ether oxygens (including phenoxy) is 1. The van der Waals surface area contributed by atoms with E-state index in [0.29, 0.717) is 0 Å². The highest BCUT2D eigenvalue weighted by atomic mass is 32.2. The maximum Gasteiger partial charge on any atom is 0.194 e. The quantitative estimate of drug-likeness (QED) is 0.528. The molecule has 29 heavy (non-hydrogen) atoms. The van der Waals surface area contributed by atoms with Crippen LogP contribution in [0.5, 0.6) is 0 Å². The van der Waals surface area contributed by atoms with Crippen LogP contribution in [0, 0.1) is 0 Å². The number of rotatable bonds is 8. The first-order valence-corrected chi connectivity index (χ1v) is 11.4. The van der Waals surface area contributed by atoms with Crippen molar-refractivity contribution >= 4 is 17.7 Å². The van der Waals surface area contributed by atoms with Gasteiger partial charge in [-0.15, -0.1) is 0 Å². The Hall–Kier alpha value is -1.99. The van der Waals surface area contributed by atoms with Crippen molar-refractivity contribution in [3.05, 3.63) is 48.3 Å². The molecule has 2 aromatic rings. The number of nitrogens with one attached hydrogen (secondary N) is 1. The fraction of sp³-hybridized carbons (Fsp3) is 0.545. The Kier molecular flexibility index (Phi) is 8.00. The zero-order valence-corrected chi connectivity index (χ0v) is 18.6. The van der Waals surface area contributed by atoms with E-state index in [-0.39, 0.29) is 4.75 Å². The van der Waals surface area contributed by atoms with E-state index in [0.717, 1.165) is 68.7 Å². The predicted molar refractivity (Wildman–Crippen MR) is 122 cm³/mol. The van der Waals surface area contributed by atoms with E-state index in [4.69, 9.17) is 9.73 Å². The van der Waals surface area contributed by atoms with Crippen LogP contribution in [0.25, 0.3) is 5.69 Å². The SMILES string of the molecule is CCNC(=NCC1(SCC)CCOCC1)N(C)Cc1cnn(-c2ccccc2)c1. The molecule has 0 aliphatic carbocycles.